The van der Waals surface area contributed by atoms with E-state index in [4.69, 9.17) is 4.74 Å². The van der Waals surface area contributed by atoms with Gasteiger partial charge in [-0.15, -0.1) is 0 Å². The highest BCUT2D eigenvalue weighted by Gasteiger charge is 2.37. The van der Waals surface area contributed by atoms with E-state index in [-0.39, 0.29) is 12.1 Å². The Morgan fingerprint density at radius 2 is 2.00 bits per heavy atom. The highest BCUT2D eigenvalue weighted by molar-refractivity contribution is 5.68. The van der Waals surface area contributed by atoms with Gasteiger partial charge in [0.15, 0.2) is 0 Å². The zero-order chi connectivity index (χ0) is 17.0. The molecule has 23 heavy (non-hydrogen) atoms. The standard InChI is InChI=1S/C19H36N2O2/c1-6-7-8-15-11-17(20-18(22)23-19(3,4)5)13-21(12-15)14(2)16-9-10-16/h14-17H,6-13H2,1-5H3,(H,20,22). The van der Waals surface area contributed by atoms with Crippen LogP contribution in [0.15, 0.2) is 0 Å². The van der Waals surface area contributed by atoms with Crippen LogP contribution < -0.4 is 5.32 Å². The van der Waals surface area contributed by atoms with Crippen molar-refractivity contribution >= 4 is 6.09 Å². The Hall–Kier alpha value is -0.770. The first-order valence-corrected chi connectivity index (χ1v) is 9.52. The van der Waals surface area contributed by atoms with Crippen molar-refractivity contribution in [1.29, 1.82) is 0 Å². The molecule has 4 heteroatoms. The molecule has 0 aromatic carbocycles. The maximum Gasteiger partial charge on any atom is 0.407 e. The molecule has 1 amide bonds. The Balaban J connectivity index is 1.92. The van der Waals surface area contributed by atoms with E-state index in [2.05, 4.69) is 24.1 Å². The molecule has 4 nitrogen and oxygen atoms in total. The highest BCUT2D eigenvalue weighted by Crippen LogP contribution is 2.37. The molecule has 134 valence electrons. The largest absolute Gasteiger partial charge is 0.444 e. The van der Waals surface area contributed by atoms with Crippen molar-refractivity contribution in [3.05, 3.63) is 0 Å². The molecule has 1 heterocycles. The zero-order valence-electron chi connectivity index (χ0n) is 15.7. The maximum absolute atomic E-state index is 12.1. The molecule has 0 aromatic rings. The molecular weight excluding hydrogens is 288 g/mol. The second-order valence-corrected chi connectivity index (χ2v) is 8.62. The van der Waals surface area contributed by atoms with Crippen molar-refractivity contribution in [3.8, 4) is 0 Å². The minimum atomic E-state index is -0.429. The minimum Gasteiger partial charge on any atom is -0.444 e. The quantitative estimate of drug-likeness (QED) is 0.796. The number of nitrogens with zero attached hydrogens (tertiary/aromatic N) is 1. The summed E-state index contributed by atoms with van der Waals surface area (Å²) in [5, 5.41) is 3.12. The van der Waals surface area contributed by atoms with Crippen molar-refractivity contribution in [1.82, 2.24) is 10.2 Å². The number of carbonyl (C=O) groups is 1. The van der Waals surface area contributed by atoms with E-state index >= 15 is 0 Å². The fourth-order valence-corrected chi connectivity index (χ4v) is 3.73. The Morgan fingerprint density at radius 3 is 2.57 bits per heavy atom. The van der Waals surface area contributed by atoms with E-state index in [1.165, 1.54) is 38.6 Å². The van der Waals surface area contributed by atoms with Crippen LogP contribution >= 0.6 is 0 Å². The molecule has 1 saturated carbocycles. The number of alkyl carbamates (subject to hydrolysis) is 1. The van der Waals surface area contributed by atoms with Gasteiger partial charge < -0.3 is 10.1 Å². The molecule has 0 aromatic heterocycles. The van der Waals surface area contributed by atoms with Gasteiger partial charge in [-0.2, -0.15) is 0 Å². The lowest BCUT2D eigenvalue weighted by molar-refractivity contribution is 0.0403. The van der Waals surface area contributed by atoms with E-state index < -0.39 is 5.60 Å². The van der Waals surface area contributed by atoms with Crippen LogP contribution in [-0.4, -0.2) is 41.8 Å². The van der Waals surface area contributed by atoms with E-state index in [0.29, 0.717) is 12.0 Å². The number of likely N-dealkylation sites (tertiary alicyclic amines) is 1. The van der Waals surface area contributed by atoms with Crippen LogP contribution in [-0.2, 0) is 4.74 Å². The first-order valence-electron chi connectivity index (χ1n) is 9.52. The Morgan fingerprint density at radius 1 is 1.30 bits per heavy atom. The van der Waals surface area contributed by atoms with Crippen LogP contribution in [0.2, 0.25) is 0 Å². The Labute approximate surface area is 142 Å². The van der Waals surface area contributed by atoms with Crippen LogP contribution in [0.3, 0.4) is 0 Å². The molecule has 3 unspecified atom stereocenters. The maximum atomic E-state index is 12.1. The number of ether oxygens (including phenoxy) is 1. The van der Waals surface area contributed by atoms with Crippen LogP contribution in [0.25, 0.3) is 0 Å². The summed E-state index contributed by atoms with van der Waals surface area (Å²) in [4.78, 5) is 14.7. The number of amides is 1. The van der Waals surface area contributed by atoms with Crippen molar-refractivity contribution in [2.24, 2.45) is 11.8 Å². The molecule has 1 saturated heterocycles. The molecule has 1 N–H and O–H groups in total. The summed E-state index contributed by atoms with van der Waals surface area (Å²) in [7, 11) is 0. The lowest BCUT2D eigenvalue weighted by Crippen LogP contribution is -2.54. The first kappa shape index (κ1) is 18.6. The predicted octanol–water partition coefficient (Wildman–Crippen LogP) is 4.19. The lowest BCUT2D eigenvalue weighted by atomic mass is 9.88. The van der Waals surface area contributed by atoms with Crippen LogP contribution in [0.5, 0.6) is 0 Å². The van der Waals surface area contributed by atoms with Crippen molar-refractivity contribution in [2.45, 2.75) is 90.8 Å². The number of hydrogen-bond acceptors (Lipinski definition) is 3. The highest BCUT2D eigenvalue weighted by atomic mass is 16.6. The molecule has 2 fully saturated rings. The summed E-state index contributed by atoms with van der Waals surface area (Å²) < 4.78 is 5.44. The summed E-state index contributed by atoms with van der Waals surface area (Å²) in [5.41, 5.74) is -0.429. The van der Waals surface area contributed by atoms with Gasteiger partial charge in [-0.05, 0) is 65.2 Å². The third-order valence-electron chi connectivity index (χ3n) is 5.13. The molecule has 1 aliphatic carbocycles. The first-order chi connectivity index (χ1) is 10.8. The molecule has 0 radical (unpaired) electrons. The van der Waals surface area contributed by atoms with E-state index in [9.17, 15) is 4.79 Å². The number of carbonyl (C=O) groups excluding carboxylic acids is 1. The molecule has 0 bridgehead atoms. The van der Waals surface area contributed by atoms with Gasteiger partial charge in [-0.25, -0.2) is 4.79 Å². The van der Waals surface area contributed by atoms with E-state index in [1.54, 1.807) is 0 Å². The number of rotatable bonds is 6. The van der Waals surface area contributed by atoms with E-state index in [1.807, 2.05) is 20.8 Å². The van der Waals surface area contributed by atoms with Gasteiger partial charge in [0, 0.05) is 25.2 Å². The summed E-state index contributed by atoms with van der Waals surface area (Å²) in [6, 6.07) is 0.879. The van der Waals surface area contributed by atoms with Crippen molar-refractivity contribution in [3.63, 3.8) is 0 Å². The fraction of sp³-hybridized carbons (Fsp3) is 0.947. The zero-order valence-corrected chi connectivity index (χ0v) is 15.7. The number of nitrogens with one attached hydrogen (secondary N) is 1. The lowest BCUT2D eigenvalue weighted by Gasteiger charge is -2.41. The summed E-state index contributed by atoms with van der Waals surface area (Å²) in [6.07, 6.45) is 7.39. The van der Waals surface area contributed by atoms with Gasteiger partial charge in [0.05, 0.1) is 0 Å². The van der Waals surface area contributed by atoms with E-state index in [0.717, 1.165) is 18.9 Å². The average Bonchev–Trinajstić information content (AvgIpc) is 3.26. The third-order valence-corrected chi connectivity index (χ3v) is 5.13. The molecule has 2 rings (SSSR count). The molecular formula is C19H36N2O2. The second kappa shape index (κ2) is 7.87. The number of piperidine rings is 1. The summed E-state index contributed by atoms with van der Waals surface area (Å²) >= 11 is 0. The third kappa shape index (κ3) is 6.33. The van der Waals surface area contributed by atoms with Crippen LogP contribution in [0.1, 0.15) is 73.1 Å². The SMILES string of the molecule is CCCCC1CC(NC(=O)OC(C)(C)C)CN(C(C)C2CC2)C1. The second-order valence-electron chi connectivity index (χ2n) is 8.62. The van der Waals surface area contributed by atoms with Gasteiger partial charge in [0.1, 0.15) is 5.60 Å². The van der Waals surface area contributed by atoms with Crippen molar-refractivity contribution < 1.29 is 9.53 Å². The molecule has 0 spiro atoms. The van der Waals surface area contributed by atoms with Crippen molar-refractivity contribution in [2.75, 3.05) is 13.1 Å². The number of hydrogen-bond donors (Lipinski definition) is 1. The summed E-state index contributed by atoms with van der Waals surface area (Å²) in [5.74, 6) is 1.58. The van der Waals surface area contributed by atoms with Crippen LogP contribution in [0.4, 0.5) is 4.79 Å². The molecule has 3 atom stereocenters. The van der Waals surface area contributed by atoms with Gasteiger partial charge in [-0.3, -0.25) is 4.90 Å². The molecule has 2 aliphatic rings. The van der Waals surface area contributed by atoms with Gasteiger partial charge in [0.2, 0.25) is 0 Å². The minimum absolute atomic E-state index is 0.224. The Bertz CT molecular complexity index is 387. The predicted molar refractivity (Wildman–Crippen MR) is 94.5 cm³/mol. The smallest absolute Gasteiger partial charge is 0.407 e. The summed E-state index contributed by atoms with van der Waals surface area (Å²) in [6.45, 7) is 12.5. The topological polar surface area (TPSA) is 41.6 Å². The monoisotopic (exact) mass is 324 g/mol. The van der Waals surface area contributed by atoms with Gasteiger partial charge in [0.25, 0.3) is 0 Å². The average molecular weight is 325 g/mol. The van der Waals surface area contributed by atoms with Gasteiger partial charge in [-0.1, -0.05) is 19.8 Å². The number of unbranched alkanes of at least 4 members (excludes halogenated alkanes) is 1. The van der Waals surface area contributed by atoms with Crippen LogP contribution in [0, 0.1) is 11.8 Å². The fourth-order valence-electron chi connectivity index (χ4n) is 3.73. The Kier molecular flexibility index (Phi) is 6.35. The molecule has 1 aliphatic heterocycles. The normalized spacial score (nSPS) is 27.5. The van der Waals surface area contributed by atoms with Gasteiger partial charge >= 0.3 is 6.09 Å².